The molecule has 33 heavy (non-hydrogen) atoms. The maximum absolute atomic E-state index is 12.6. The smallest absolute Gasteiger partial charge is 0.236 e. The highest BCUT2D eigenvalue weighted by atomic mass is 16.2. The number of benzene rings is 1. The molecule has 1 aromatic carbocycles. The lowest BCUT2D eigenvalue weighted by atomic mass is 10.2. The second-order valence-corrected chi connectivity index (χ2v) is 8.20. The fourth-order valence-corrected chi connectivity index (χ4v) is 4.09. The van der Waals surface area contributed by atoms with E-state index in [1.807, 2.05) is 41.4 Å². The first-order chi connectivity index (χ1) is 16.2. The molecule has 5 aliphatic heterocycles. The van der Waals surface area contributed by atoms with Gasteiger partial charge in [0, 0.05) is 62.1 Å². The van der Waals surface area contributed by atoms with Crippen LogP contribution in [-0.2, 0) is 4.79 Å². The molecule has 9 nitrogen and oxygen atoms in total. The maximum Gasteiger partial charge on any atom is 0.236 e. The van der Waals surface area contributed by atoms with Crippen LogP contribution in [0.4, 0.5) is 23.1 Å². The van der Waals surface area contributed by atoms with Gasteiger partial charge in [-0.2, -0.15) is 0 Å². The normalized spacial score (nSPS) is 17.0. The van der Waals surface area contributed by atoms with Crippen LogP contribution in [0.25, 0.3) is 11.3 Å². The number of nitrogens with zero attached hydrogens (tertiary/aromatic N) is 5. The van der Waals surface area contributed by atoms with Crippen molar-refractivity contribution in [1.29, 1.82) is 0 Å². The third kappa shape index (κ3) is 5.20. The van der Waals surface area contributed by atoms with Crippen molar-refractivity contribution in [2.75, 3.05) is 61.3 Å². The molecule has 2 aromatic heterocycles. The van der Waals surface area contributed by atoms with Crippen molar-refractivity contribution in [3.05, 3.63) is 54.9 Å². The lowest BCUT2D eigenvalue weighted by Gasteiger charge is -2.36. The molecule has 5 aliphatic rings. The summed E-state index contributed by atoms with van der Waals surface area (Å²) >= 11 is 0. The lowest BCUT2D eigenvalue weighted by molar-refractivity contribution is -0.130. The molecule has 8 bridgehead atoms. The highest BCUT2D eigenvalue weighted by Crippen LogP contribution is 2.24. The highest BCUT2D eigenvalue weighted by molar-refractivity contribution is 5.78. The first-order valence-corrected chi connectivity index (χ1v) is 11.4. The number of anilines is 4. The van der Waals surface area contributed by atoms with Crippen LogP contribution in [0.5, 0.6) is 0 Å². The number of pyridine rings is 1. The third-order valence-corrected chi connectivity index (χ3v) is 5.93. The van der Waals surface area contributed by atoms with E-state index in [0.717, 1.165) is 74.1 Å². The van der Waals surface area contributed by atoms with Gasteiger partial charge in [0.2, 0.25) is 11.9 Å². The Balaban J connectivity index is 1.39. The van der Waals surface area contributed by atoms with Crippen LogP contribution >= 0.6 is 0 Å². The Morgan fingerprint density at radius 2 is 1.79 bits per heavy atom. The highest BCUT2D eigenvalue weighted by Gasteiger charge is 2.21. The number of carbonyl (C=O) groups is 1. The lowest BCUT2D eigenvalue weighted by Crippen LogP contribution is -2.51. The summed E-state index contributed by atoms with van der Waals surface area (Å²) in [6, 6.07) is 14.1. The summed E-state index contributed by atoms with van der Waals surface area (Å²) in [6.45, 7) is 5.02. The largest absolute Gasteiger partial charge is 0.370 e. The molecular formula is C24H28N8O. The molecule has 0 aliphatic carbocycles. The van der Waals surface area contributed by atoms with E-state index in [4.69, 9.17) is 0 Å². The van der Waals surface area contributed by atoms with E-state index in [1.54, 1.807) is 6.20 Å². The van der Waals surface area contributed by atoms with Gasteiger partial charge in [0.1, 0.15) is 5.82 Å². The molecule has 1 amide bonds. The van der Waals surface area contributed by atoms with Crippen LogP contribution in [-0.4, -0.2) is 71.6 Å². The van der Waals surface area contributed by atoms with E-state index in [2.05, 4.69) is 47.9 Å². The third-order valence-electron chi connectivity index (χ3n) is 5.93. The minimum Gasteiger partial charge on any atom is -0.370 e. The predicted molar refractivity (Wildman–Crippen MR) is 130 cm³/mol. The number of rotatable bonds is 0. The fourth-order valence-electron chi connectivity index (χ4n) is 4.09. The van der Waals surface area contributed by atoms with E-state index >= 15 is 0 Å². The Labute approximate surface area is 193 Å². The monoisotopic (exact) mass is 444 g/mol. The van der Waals surface area contributed by atoms with Crippen molar-refractivity contribution in [1.82, 2.24) is 25.2 Å². The molecule has 3 aromatic rings. The van der Waals surface area contributed by atoms with Crippen molar-refractivity contribution >= 4 is 29.0 Å². The summed E-state index contributed by atoms with van der Waals surface area (Å²) in [5, 5.41) is 9.92. The molecule has 7 heterocycles. The van der Waals surface area contributed by atoms with Gasteiger partial charge < -0.3 is 25.8 Å². The van der Waals surface area contributed by atoms with Crippen molar-refractivity contribution in [3.8, 4) is 11.3 Å². The quantitative estimate of drug-likeness (QED) is 0.486. The summed E-state index contributed by atoms with van der Waals surface area (Å²) < 4.78 is 0. The van der Waals surface area contributed by atoms with Crippen molar-refractivity contribution in [2.45, 2.75) is 6.42 Å². The summed E-state index contributed by atoms with van der Waals surface area (Å²) in [5.41, 5.74) is 3.79. The molecular weight excluding hydrogens is 416 g/mol. The number of amides is 1. The molecule has 9 heteroatoms. The standard InChI is InChI=1S/C24H28N8O/c33-23-17-25-8-2-9-26-22-6-5-18(16-28-22)21-7-10-27-24(30-21)29-19-3-1-4-20(15-19)31-11-13-32(23)14-12-31/h1,3-7,10,15-16,25H,2,8-9,11-14,17H2,(H,26,28)(H,27,29,30). The van der Waals surface area contributed by atoms with E-state index in [9.17, 15) is 4.79 Å². The van der Waals surface area contributed by atoms with Crippen LogP contribution in [0.2, 0.25) is 0 Å². The molecule has 3 N–H and O–H groups in total. The number of hydrogen-bond acceptors (Lipinski definition) is 8. The van der Waals surface area contributed by atoms with Crippen molar-refractivity contribution in [2.24, 2.45) is 0 Å². The van der Waals surface area contributed by atoms with Crippen LogP contribution in [0, 0.1) is 0 Å². The van der Waals surface area contributed by atoms with Gasteiger partial charge in [0.05, 0.1) is 12.2 Å². The number of aromatic nitrogens is 3. The summed E-state index contributed by atoms with van der Waals surface area (Å²) in [6.07, 6.45) is 4.47. The minimum absolute atomic E-state index is 0.162. The summed E-state index contributed by atoms with van der Waals surface area (Å²) in [7, 11) is 0. The summed E-state index contributed by atoms with van der Waals surface area (Å²) in [4.78, 5) is 30.4. The van der Waals surface area contributed by atoms with E-state index in [1.165, 1.54) is 0 Å². The second-order valence-electron chi connectivity index (χ2n) is 8.20. The van der Waals surface area contributed by atoms with Gasteiger partial charge in [-0.05, 0) is 49.4 Å². The number of piperazine rings is 1. The van der Waals surface area contributed by atoms with Crippen LogP contribution in [0.3, 0.4) is 0 Å². The molecule has 0 atom stereocenters. The van der Waals surface area contributed by atoms with E-state index in [-0.39, 0.29) is 5.91 Å². The van der Waals surface area contributed by atoms with Crippen molar-refractivity contribution in [3.63, 3.8) is 0 Å². The Morgan fingerprint density at radius 1 is 0.909 bits per heavy atom. The second kappa shape index (κ2) is 9.83. The zero-order valence-corrected chi connectivity index (χ0v) is 18.5. The van der Waals surface area contributed by atoms with Gasteiger partial charge in [-0.3, -0.25) is 4.79 Å². The molecule has 1 fully saturated rings. The van der Waals surface area contributed by atoms with Crippen LogP contribution < -0.4 is 20.9 Å². The Morgan fingerprint density at radius 3 is 2.64 bits per heavy atom. The van der Waals surface area contributed by atoms with E-state index in [0.29, 0.717) is 12.5 Å². The Bertz CT molecular complexity index is 1100. The SMILES string of the molecule is O=C1CNCCCNc2ccc(cn2)-c2ccnc(n2)Nc2cccc(c2)N2CCN1CC2. The van der Waals surface area contributed by atoms with Gasteiger partial charge in [0.25, 0.3) is 0 Å². The average molecular weight is 445 g/mol. The van der Waals surface area contributed by atoms with Crippen LogP contribution in [0.1, 0.15) is 6.42 Å². The number of hydrogen-bond donors (Lipinski definition) is 3. The van der Waals surface area contributed by atoms with Crippen molar-refractivity contribution < 1.29 is 4.79 Å². The Kier molecular flexibility index (Phi) is 6.30. The molecule has 0 radical (unpaired) electrons. The molecule has 8 rings (SSSR count). The predicted octanol–water partition coefficient (Wildman–Crippen LogP) is 2.34. The van der Waals surface area contributed by atoms with Gasteiger partial charge in [-0.1, -0.05) is 6.07 Å². The fraction of sp³-hybridized carbons (Fsp3) is 0.333. The molecule has 1 saturated heterocycles. The zero-order valence-electron chi connectivity index (χ0n) is 18.5. The first kappa shape index (κ1) is 21.1. The summed E-state index contributed by atoms with van der Waals surface area (Å²) in [5.74, 6) is 1.52. The molecule has 0 unspecified atom stereocenters. The topological polar surface area (TPSA) is 98.3 Å². The number of carbonyl (C=O) groups excluding carboxylic acids is 1. The molecule has 170 valence electrons. The van der Waals surface area contributed by atoms with Gasteiger partial charge in [0.15, 0.2) is 0 Å². The van der Waals surface area contributed by atoms with Gasteiger partial charge >= 0.3 is 0 Å². The van der Waals surface area contributed by atoms with E-state index < -0.39 is 0 Å². The average Bonchev–Trinajstić information content (AvgIpc) is 2.86. The Hall–Kier alpha value is -3.72. The first-order valence-electron chi connectivity index (χ1n) is 11.4. The van der Waals surface area contributed by atoms with Gasteiger partial charge in [-0.25, -0.2) is 15.0 Å². The minimum atomic E-state index is 0.162. The van der Waals surface area contributed by atoms with Crippen LogP contribution in [0.15, 0.2) is 54.9 Å². The number of nitrogens with one attached hydrogen (secondary N) is 3. The molecule has 0 saturated carbocycles. The van der Waals surface area contributed by atoms with Gasteiger partial charge in [-0.15, -0.1) is 0 Å². The zero-order chi connectivity index (χ0) is 22.5. The molecule has 0 spiro atoms. The maximum atomic E-state index is 12.6.